The number of aromatic nitrogens is 3. The van der Waals surface area contributed by atoms with Gasteiger partial charge in [0.05, 0.1) is 5.60 Å². The van der Waals surface area contributed by atoms with Crippen LogP contribution in [0.3, 0.4) is 0 Å². The van der Waals surface area contributed by atoms with Crippen LogP contribution in [0.25, 0.3) is 0 Å². The molecule has 1 N–H and O–H groups in total. The molecule has 0 aromatic carbocycles. The Morgan fingerprint density at radius 2 is 2.00 bits per heavy atom. The summed E-state index contributed by atoms with van der Waals surface area (Å²) in [7, 11) is 0. The highest BCUT2D eigenvalue weighted by molar-refractivity contribution is 5.32. The predicted octanol–water partition coefficient (Wildman–Crippen LogP) is 1.67. The van der Waals surface area contributed by atoms with Crippen LogP contribution in [0.4, 0.5) is 5.95 Å². The van der Waals surface area contributed by atoms with Crippen molar-refractivity contribution in [3.05, 3.63) is 48.0 Å². The maximum Gasteiger partial charge on any atom is 0.225 e. The average molecular weight is 270 g/mol. The molecule has 2 aromatic rings. The van der Waals surface area contributed by atoms with E-state index in [9.17, 15) is 5.11 Å². The van der Waals surface area contributed by atoms with Gasteiger partial charge in [-0.15, -0.1) is 0 Å². The van der Waals surface area contributed by atoms with Crippen LogP contribution in [0.2, 0.25) is 0 Å². The van der Waals surface area contributed by atoms with E-state index in [4.69, 9.17) is 0 Å². The number of anilines is 1. The quantitative estimate of drug-likeness (QED) is 0.899. The second-order valence-electron chi connectivity index (χ2n) is 5.26. The fourth-order valence-corrected chi connectivity index (χ4v) is 2.59. The Kier molecular flexibility index (Phi) is 3.36. The number of aliphatic hydroxyl groups is 1. The summed E-state index contributed by atoms with van der Waals surface area (Å²) in [6, 6.07) is 5.69. The molecule has 1 aliphatic rings. The molecule has 104 valence electrons. The zero-order valence-corrected chi connectivity index (χ0v) is 11.5. The van der Waals surface area contributed by atoms with E-state index in [-0.39, 0.29) is 0 Å². The predicted molar refractivity (Wildman–Crippen MR) is 76.3 cm³/mol. The van der Waals surface area contributed by atoms with Crippen molar-refractivity contribution in [2.75, 3.05) is 18.0 Å². The molecule has 0 spiro atoms. The van der Waals surface area contributed by atoms with E-state index in [1.54, 1.807) is 18.6 Å². The van der Waals surface area contributed by atoms with E-state index >= 15 is 0 Å². The summed E-state index contributed by atoms with van der Waals surface area (Å²) < 4.78 is 0. The van der Waals surface area contributed by atoms with Crippen LogP contribution >= 0.6 is 0 Å². The van der Waals surface area contributed by atoms with E-state index in [1.807, 2.05) is 25.1 Å². The minimum absolute atomic E-state index is 0.663. The van der Waals surface area contributed by atoms with Gasteiger partial charge in [0.25, 0.3) is 0 Å². The maximum absolute atomic E-state index is 10.8. The lowest BCUT2D eigenvalue weighted by Gasteiger charge is -2.38. The fraction of sp³-hybridized carbons (Fsp3) is 0.400. The second-order valence-corrected chi connectivity index (χ2v) is 5.26. The smallest absolute Gasteiger partial charge is 0.225 e. The van der Waals surface area contributed by atoms with Gasteiger partial charge in [0, 0.05) is 42.9 Å². The molecule has 0 unspecified atom stereocenters. The van der Waals surface area contributed by atoms with Gasteiger partial charge in [-0.05, 0) is 31.9 Å². The minimum atomic E-state index is -0.783. The zero-order chi connectivity index (χ0) is 14.0. The SMILES string of the molecule is Cc1ccnc(N2CCC(O)(c3cccnc3)CC2)n1. The van der Waals surface area contributed by atoms with Crippen LogP contribution in [0.1, 0.15) is 24.1 Å². The Hall–Kier alpha value is -2.01. The van der Waals surface area contributed by atoms with Gasteiger partial charge in [-0.3, -0.25) is 4.98 Å². The van der Waals surface area contributed by atoms with Gasteiger partial charge < -0.3 is 10.0 Å². The lowest BCUT2D eigenvalue weighted by molar-refractivity contribution is 0.0112. The van der Waals surface area contributed by atoms with E-state index in [2.05, 4.69) is 19.9 Å². The molecular weight excluding hydrogens is 252 g/mol. The van der Waals surface area contributed by atoms with Gasteiger partial charge in [0.15, 0.2) is 0 Å². The number of piperidine rings is 1. The first-order valence-electron chi connectivity index (χ1n) is 6.85. The molecule has 20 heavy (non-hydrogen) atoms. The van der Waals surface area contributed by atoms with Crippen molar-refractivity contribution >= 4 is 5.95 Å². The molecule has 3 heterocycles. The Labute approximate surface area is 118 Å². The topological polar surface area (TPSA) is 62.1 Å². The van der Waals surface area contributed by atoms with Crippen LogP contribution in [0, 0.1) is 6.92 Å². The second kappa shape index (κ2) is 5.17. The van der Waals surface area contributed by atoms with Gasteiger partial charge in [0.2, 0.25) is 5.95 Å². The number of hydrogen-bond donors (Lipinski definition) is 1. The van der Waals surface area contributed by atoms with Crippen LogP contribution in [0.5, 0.6) is 0 Å². The summed E-state index contributed by atoms with van der Waals surface area (Å²) in [5.41, 5.74) is 1.07. The zero-order valence-electron chi connectivity index (χ0n) is 11.5. The van der Waals surface area contributed by atoms with Gasteiger partial charge in [-0.1, -0.05) is 6.07 Å². The lowest BCUT2D eigenvalue weighted by Crippen LogP contribution is -2.43. The maximum atomic E-state index is 10.8. The Morgan fingerprint density at radius 3 is 2.65 bits per heavy atom. The summed E-state index contributed by atoms with van der Waals surface area (Å²) >= 11 is 0. The summed E-state index contributed by atoms with van der Waals surface area (Å²) in [5, 5.41) is 10.8. The van der Waals surface area contributed by atoms with E-state index < -0.39 is 5.60 Å². The first kappa shape index (κ1) is 13.0. The number of nitrogens with zero attached hydrogens (tertiary/aromatic N) is 4. The van der Waals surface area contributed by atoms with Gasteiger partial charge >= 0.3 is 0 Å². The van der Waals surface area contributed by atoms with Crippen LogP contribution in [-0.4, -0.2) is 33.1 Å². The normalized spacial score (nSPS) is 18.0. The van der Waals surface area contributed by atoms with Crippen molar-refractivity contribution in [2.24, 2.45) is 0 Å². The third-order valence-corrected chi connectivity index (χ3v) is 3.85. The molecule has 0 aliphatic carbocycles. The summed E-state index contributed by atoms with van der Waals surface area (Å²) in [4.78, 5) is 15.0. The molecule has 1 saturated heterocycles. The monoisotopic (exact) mass is 270 g/mol. The molecule has 0 bridgehead atoms. The molecule has 0 radical (unpaired) electrons. The van der Waals surface area contributed by atoms with E-state index in [1.165, 1.54) is 0 Å². The summed E-state index contributed by atoms with van der Waals surface area (Å²) in [5.74, 6) is 0.748. The third-order valence-electron chi connectivity index (χ3n) is 3.85. The van der Waals surface area contributed by atoms with Crippen LogP contribution in [-0.2, 0) is 5.60 Å². The van der Waals surface area contributed by atoms with Crippen molar-refractivity contribution in [1.82, 2.24) is 15.0 Å². The summed E-state index contributed by atoms with van der Waals surface area (Å²) in [6.45, 7) is 3.45. The van der Waals surface area contributed by atoms with Gasteiger partial charge in [-0.2, -0.15) is 0 Å². The third kappa shape index (κ3) is 2.49. The molecule has 1 aliphatic heterocycles. The first-order chi connectivity index (χ1) is 9.67. The lowest BCUT2D eigenvalue weighted by atomic mass is 9.85. The molecular formula is C15H18N4O. The van der Waals surface area contributed by atoms with Crippen molar-refractivity contribution < 1.29 is 5.11 Å². The molecule has 2 aromatic heterocycles. The molecule has 0 amide bonds. The highest BCUT2D eigenvalue weighted by Crippen LogP contribution is 2.33. The average Bonchev–Trinajstić information content (AvgIpc) is 2.49. The molecule has 0 saturated carbocycles. The van der Waals surface area contributed by atoms with Gasteiger partial charge in [0.1, 0.15) is 0 Å². The molecule has 5 heteroatoms. The highest BCUT2D eigenvalue weighted by atomic mass is 16.3. The molecule has 5 nitrogen and oxygen atoms in total. The van der Waals surface area contributed by atoms with Crippen molar-refractivity contribution in [2.45, 2.75) is 25.4 Å². The first-order valence-corrected chi connectivity index (χ1v) is 6.85. The van der Waals surface area contributed by atoms with Crippen molar-refractivity contribution in [3.63, 3.8) is 0 Å². The number of pyridine rings is 1. The Morgan fingerprint density at radius 1 is 1.20 bits per heavy atom. The number of rotatable bonds is 2. The van der Waals surface area contributed by atoms with E-state index in [0.717, 1.165) is 30.3 Å². The van der Waals surface area contributed by atoms with Crippen LogP contribution < -0.4 is 4.90 Å². The standard InChI is InChI=1S/C15H18N4O/c1-12-4-8-17-14(18-12)19-9-5-15(20,6-10-19)13-3-2-7-16-11-13/h2-4,7-8,11,20H,5-6,9-10H2,1H3. The molecule has 0 atom stereocenters. The molecule has 1 fully saturated rings. The van der Waals surface area contributed by atoms with Gasteiger partial charge in [-0.25, -0.2) is 9.97 Å². The summed E-state index contributed by atoms with van der Waals surface area (Å²) in [6.07, 6.45) is 6.58. The Bertz CT molecular complexity index is 579. The van der Waals surface area contributed by atoms with E-state index in [0.29, 0.717) is 12.8 Å². The number of hydrogen-bond acceptors (Lipinski definition) is 5. The fourth-order valence-electron chi connectivity index (χ4n) is 2.59. The van der Waals surface area contributed by atoms with Crippen LogP contribution in [0.15, 0.2) is 36.8 Å². The van der Waals surface area contributed by atoms with Crippen molar-refractivity contribution in [1.29, 1.82) is 0 Å². The van der Waals surface area contributed by atoms with Crippen molar-refractivity contribution in [3.8, 4) is 0 Å². The Balaban J connectivity index is 1.74. The number of aryl methyl sites for hydroxylation is 1. The molecule has 3 rings (SSSR count). The largest absolute Gasteiger partial charge is 0.385 e. The highest BCUT2D eigenvalue weighted by Gasteiger charge is 2.34. The minimum Gasteiger partial charge on any atom is -0.385 e.